The molecular weight excluding hydrogens is 206 g/mol. The Morgan fingerprint density at radius 1 is 1.38 bits per heavy atom. The Hall–Kier alpha value is -0.870. The van der Waals surface area contributed by atoms with Gasteiger partial charge in [0.2, 0.25) is 0 Å². The number of hydrogen-bond donors (Lipinski definition) is 0. The third-order valence-corrected chi connectivity index (χ3v) is 3.03. The van der Waals surface area contributed by atoms with Gasteiger partial charge in [-0.2, -0.15) is 0 Å². The fraction of sp³-hybridized carbons (Fsp3) is 0.750. The van der Waals surface area contributed by atoms with E-state index in [4.69, 9.17) is 4.74 Å². The summed E-state index contributed by atoms with van der Waals surface area (Å²) in [6, 6.07) is 0. The van der Waals surface area contributed by atoms with Crippen molar-refractivity contribution in [2.75, 3.05) is 33.9 Å². The van der Waals surface area contributed by atoms with Crippen LogP contribution in [0.3, 0.4) is 0 Å². The van der Waals surface area contributed by atoms with Gasteiger partial charge in [-0.3, -0.25) is 4.90 Å². The van der Waals surface area contributed by atoms with E-state index in [0.717, 1.165) is 32.5 Å². The summed E-state index contributed by atoms with van der Waals surface area (Å²) in [6.45, 7) is 4.66. The zero-order chi connectivity index (χ0) is 12.0. The molecule has 0 unspecified atom stereocenters. The molecule has 0 amide bonds. The fourth-order valence-electron chi connectivity index (χ4n) is 1.84. The molecule has 0 atom stereocenters. The van der Waals surface area contributed by atoms with Crippen molar-refractivity contribution in [1.82, 2.24) is 4.90 Å². The molecule has 0 N–H and O–H groups in total. The number of carbonyl (C=O) groups excluding carboxylic acids is 1. The fourth-order valence-corrected chi connectivity index (χ4v) is 1.84. The maximum absolute atomic E-state index is 11.2. The van der Waals surface area contributed by atoms with Crippen molar-refractivity contribution >= 4 is 5.97 Å². The van der Waals surface area contributed by atoms with Gasteiger partial charge in [0.25, 0.3) is 0 Å². The van der Waals surface area contributed by atoms with E-state index in [1.807, 2.05) is 6.08 Å². The van der Waals surface area contributed by atoms with Crippen LogP contribution in [0.1, 0.15) is 19.8 Å². The van der Waals surface area contributed by atoms with E-state index in [0.29, 0.717) is 11.7 Å². The summed E-state index contributed by atoms with van der Waals surface area (Å²) in [7, 11) is 3.17. The third kappa shape index (κ3) is 3.94. The van der Waals surface area contributed by atoms with Crippen LogP contribution in [0.25, 0.3) is 0 Å². The number of piperidine rings is 1. The Kier molecular flexibility index (Phi) is 5.49. The molecule has 0 radical (unpaired) electrons. The second-order valence-corrected chi connectivity index (χ2v) is 4.11. The van der Waals surface area contributed by atoms with Crippen LogP contribution in [0.2, 0.25) is 0 Å². The van der Waals surface area contributed by atoms with Crippen molar-refractivity contribution in [2.24, 2.45) is 0 Å². The third-order valence-electron chi connectivity index (χ3n) is 3.03. The van der Waals surface area contributed by atoms with Gasteiger partial charge in [0.15, 0.2) is 0 Å². The molecule has 1 fully saturated rings. The number of ether oxygens (including phenoxy) is 2. The van der Waals surface area contributed by atoms with Crippen LogP contribution in [0.5, 0.6) is 0 Å². The molecule has 0 saturated carbocycles. The Bertz CT molecular complexity index is 255. The van der Waals surface area contributed by atoms with Crippen molar-refractivity contribution < 1.29 is 14.3 Å². The molecule has 4 nitrogen and oxygen atoms in total. The summed E-state index contributed by atoms with van der Waals surface area (Å²) in [5, 5.41) is 0. The molecule has 1 heterocycles. The summed E-state index contributed by atoms with van der Waals surface area (Å²) >= 11 is 0. The van der Waals surface area contributed by atoms with Gasteiger partial charge in [0, 0.05) is 32.3 Å². The Balaban J connectivity index is 2.31. The quantitative estimate of drug-likeness (QED) is 0.534. The summed E-state index contributed by atoms with van der Waals surface area (Å²) in [5.41, 5.74) is 0.677. The topological polar surface area (TPSA) is 38.8 Å². The van der Waals surface area contributed by atoms with Crippen molar-refractivity contribution in [3.05, 3.63) is 11.6 Å². The second kappa shape index (κ2) is 6.66. The van der Waals surface area contributed by atoms with Crippen LogP contribution in [-0.4, -0.2) is 50.8 Å². The number of esters is 1. The Morgan fingerprint density at radius 3 is 2.50 bits per heavy atom. The van der Waals surface area contributed by atoms with Gasteiger partial charge in [-0.1, -0.05) is 6.08 Å². The maximum Gasteiger partial charge on any atom is 0.333 e. The predicted molar refractivity (Wildman–Crippen MR) is 62.2 cm³/mol. The minimum absolute atomic E-state index is 0.244. The number of carbonyl (C=O) groups is 1. The van der Waals surface area contributed by atoms with Crippen LogP contribution >= 0.6 is 0 Å². The first-order valence-electron chi connectivity index (χ1n) is 5.67. The number of likely N-dealkylation sites (tertiary alicyclic amines) is 1. The molecule has 16 heavy (non-hydrogen) atoms. The monoisotopic (exact) mass is 227 g/mol. The highest BCUT2D eigenvalue weighted by atomic mass is 16.5. The first-order valence-corrected chi connectivity index (χ1v) is 5.67. The lowest BCUT2D eigenvalue weighted by molar-refractivity contribution is -0.136. The minimum atomic E-state index is -0.244. The molecule has 1 saturated heterocycles. The van der Waals surface area contributed by atoms with Crippen LogP contribution in [-0.2, 0) is 14.3 Å². The highest BCUT2D eigenvalue weighted by molar-refractivity contribution is 5.87. The molecule has 0 aromatic rings. The second-order valence-electron chi connectivity index (χ2n) is 4.11. The van der Waals surface area contributed by atoms with Crippen molar-refractivity contribution in [3.8, 4) is 0 Å². The normalized spacial score (nSPS) is 19.8. The summed E-state index contributed by atoms with van der Waals surface area (Å²) in [4.78, 5) is 13.5. The van der Waals surface area contributed by atoms with E-state index in [9.17, 15) is 4.79 Å². The molecule has 1 aliphatic heterocycles. The molecule has 0 aromatic heterocycles. The summed E-state index contributed by atoms with van der Waals surface area (Å²) in [6.07, 6.45) is 4.48. The van der Waals surface area contributed by atoms with E-state index in [1.165, 1.54) is 7.11 Å². The molecular formula is C12H21NO3. The largest absolute Gasteiger partial charge is 0.466 e. The van der Waals surface area contributed by atoms with Crippen LogP contribution in [0, 0.1) is 0 Å². The van der Waals surface area contributed by atoms with Gasteiger partial charge in [0.05, 0.1) is 13.2 Å². The van der Waals surface area contributed by atoms with Gasteiger partial charge in [-0.15, -0.1) is 0 Å². The average Bonchev–Trinajstić information content (AvgIpc) is 2.35. The van der Waals surface area contributed by atoms with E-state index in [1.54, 1.807) is 14.0 Å². The standard InChI is InChI=1S/C12H21NO3/c1-10(12(14)16-3)4-7-13-8-5-11(15-2)6-9-13/h4,11H,5-9H2,1-3H3. The number of nitrogens with zero attached hydrogens (tertiary/aromatic N) is 1. The predicted octanol–water partition coefficient (Wildman–Crippen LogP) is 1.22. The van der Waals surface area contributed by atoms with E-state index >= 15 is 0 Å². The zero-order valence-corrected chi connectivity index (χ0v) is 10.4. The lowest BCUT2D eigenvalue weighted by Crippen LogP contribution is -2.36. The Morgan fingerprint density at radius 2 is 2.00 bits per heavy atom. The first kappa shape index (κ1) is 13.2. The van der Waals surface area contributed by atoms with Crippen LogP contribution in [0.15, 0.2) is 11.6 Å². The minimum Gasteiger partial charge on any atom is -0.466 e. The van der Waals surface area contributed by atoms with E-state index < -0.39 is 0 Å². The lowest BCUT2D eigenvalue weighted by atomic mass is 10.1. The first-order chi connectivity index (χ1) is 7.67. The molecule has 1 rings (SSSR count). The SMILES string of the molecule is COC(=O)C(C)=CCN1CCC(OC)CC1. The highest BCUT2D eigenvalue weighted by Gasteiger charge is 2.17. The average molecular weight is 227 g/mol. The van der Waals surface area contributed by atoms with Crippen molar-refractivity contribution in [2.45, 2.75) is 25.9 Å². The zero-order valence-electron chi connectivity index (χ0n) is 10.4. The molecule has 0 aliphatic carbocycles. The summed E-state index contributed by atoms with van der Waals surface area (Å²) in [5.74, 6) is -0.244. The van der Waals surface area contributed by atoms with Gasteiger partial charge < -0.3 is 9.47 Å². The highest BCUT2D eigenvalue weighted by Crippen LogP contribution is 2.12. The molecule has 0 bridgehead atoms. The maximum atomic E-state index is 11.2. The van der Waals surface area contributed by atoms with E-state index in [2.05, 4.69) is 9.64 Å². The summed E-state index contributed by atoms with van der Waals surface area (Å²) < 4.78 is 9.95. The smallest absolute Gasteiger partial charge is 0.333 e. The Labute approximate surface area is 97.2 Å². The van der Waals surface area contributed by atoms with E-state index in [-0.39, 0.29) is 5.97 Å². The van der Waals surface area contributed by atoms with Crippen LogP contribution < -0.4 is 0 Å². The van der Waals surface area contributed by atoms with Crippen molar-refractivity contribution in [1.29, 1.82) is 0 Å². The number of rotatable bonds is 4. The van der Waals surface area contributed by atoms with Gasteiger partial charge in [-0.25, -0.2) is 4.79 Å². The number of hydrogen-bond acceptors (Lipinski definition) is 4. The number of methoxy groups -OCH3 is 2. The lowest BCUT2D eigenvalue weighted by Gasteiger charge is -2.30. The van der Waals surface area contributed by atoms with Crippen molar-refractivity contribution in [3.63, 3.8) is 0 Å². The van der Waals surface area contributed by atoms with Gasteiger partial charge >= 0.3 is 5.97 Å². The molecule has 1 aliphatic rings. The van der Waals surface area contributed by atoms with Gasteiger partial charge in [-0.05, 0) is 19.8 Å². The van der Waals surface area contributed by atoms with Gasteiger partial charge in [0.1, 0.15) is 0 Å². The molecule has 0 aromatic carbocycles. The molecule has 92 valence electrons. The molecule has 0 spiro atoms. The van der Waals surface area contributed by atoms with Crippen LogP contribution in [0.4, 0.5) is 0 Å². The molecule has 4 heteroatoms.